The smallest absolute Gasteiger partial charge is 0.240 e. The molecule has 0 aliphatic rings. The van der Waals surface area contributed by atoms with Crippen molar-refractivity contribution in [1.29, 1.82) is 0 Å². The Morgan fingerprint density at radius 3 is 2.54 bits per heavy atom. The fourth-order valence-corrected chi connectivity index (χ4v) is 4.31. The third kappa shape index (κ3) is 6.36. The first-order chi connectivity index (χ1) is 13.2. The summed E-state index contributed by atoms with van der Waals surface area (Å²) in [4.78, 5) is 13.0. The van der Waals surface area contributed by atoms with E-state index in [0.29, 0.717) is 18.7 Å². The molecule has 2 rings (SSSR count). The molecule has 5 nitrogen and oxygen atoms in total. The van der Waals surface area contributed by atoms with Crippen LogP contribution in [0.15, 0.2) is 52.3 Å². The molecule has 0 saturated heterocycles. The Bertz CT molecular complexity index is 925. The molecule has 0 unspecified atom stereocenters. The third-order valence-electron chi connectivity index (χ3n) is 4.28. The van der Waals surface area contributed by atoms with Crippen LogP contribution in [0.2, 0.25) is 0 Å². The average Bonchev–Trinajstić information content (AvgIpc) is 2.65. The number of sulfonamides is 1. The molecule has 0 fully saturated rings. The molecule has 28 heavy (non-hydrogen) atoms. The van der Waals surface area contributed by atoms with Gasteiger partial charge in [-0.25, -0.2) is 13.1 Å². The average molecular weight is 421 g/mol. The summed E-state index contributed by atoms with van der Waals surface area (Å²) in [5.74, 6) is -0.328. The van der Waals surface area contributed by atoms with E-state index in [1.807, 2.05) is 31.4 Å². The molecule has 0 radical (unpaired) electrons. The fraction of sp³-hybridized carbons (Fsp3) is 0.381. The summed E-state index contributed by atoms with van der Waals surface area (Å²) in [5, 5.41) is 2.82. The summed E-state index contributed by atoms with van der Waals surface area (Å²) < 4.78 is 27.9. The Labute approximate surface area is 172 Å². The molecule has 0 heterocycles. The van der Waals surface area contributed by atoms with Crippen molar-refractivity contribution in [2.75, 3.05) is 18.1 Å². The van der Waals surface area contributed by atoms with Gasteiger partial charge in [0, 0.05) is 17.4 Å². The summed E-state index contributed by atoms with van der Waals surface area (Å²) in [7, 11) is -3.64. The number of nitrogens with one attached hydrogen (secondary N) is 2. The van der Waals surface area contributed by atoms with Crippen molar-refractivity contribution in [3.05, 3.63) is 53.6 Å². The lowest BCUT2D eigenvalue weighted by Gasteiger charge is -2.14. The number of hydrogen-bond acceptors (Lipinski definition) is 4. The maximum atomic E-state index is 12.6. The van der Waals surface area contributed by atoms with E-state index in [4.69, 9.17) is 0 Å². The Kier molecular flexibility index (Phi) is 8.10. The molecule has 2 aromatic rings. The highest BCUT2D eigenvalue weighted by molar-refractivity contribution is 7.98. The molecule has 0 saturated carbocycles. The van der Waals surface area contributed by atoms with Crippen molar-refractivity contribution in [3.63, 3.8) is 0 Å². The number of carbonyl (C=O) groups is 1. The minimum atomic E-state index is -3.64. The van der Waals surface area contributed by atoms with Crippen molar-refractivity contribution in [2.24, 2.45) is 5.92 Å². The van der Waals surface area contributed by atoms with Gasteiger partial charge in [0.05, 0.1) is 10.6 Å². The predicted molar refractivity (Wildman–Crippen MR) is 116 cm³/mol. The Morgan fingerprint density at radius 2 is 1.89 bits per heavy atom. The monoisotopic (exact) mass is 420 g/mol. The Balaban J connectivity index is 2.04. The van der Waals surface area contributed by atoms with Gasteiger partial charge in [0.2, 0.25) is 15.9 Å². The van der Waals surface area contributed by atoms with Crippen LogP contribution in [-0.2, 0) is 21.2 Å². The molecule has 2 N–H and O–H groups in total. The largest absolute Gasteiger partial charge is 0.325 e. The van der Waals surface area contributed by atoms with Crippen molar-refractivity contribution in [1.82, 2.24) is 4.72 Å². The van der Waals surface area contributed by atoms with Crippen LogP contribution in [0.25, 0.3) is 0 Å². The van der Waals surface area contributed by atoms with Gasteiger partial charge in [0.25, 0.3) is 0 Å². The number of carbonyl (C=O) groups excluding carboxylic acids is 1. The van der Waals surface area contributed by atoms with Crippen LogP contribution in [0.5, 0.6) is 0 Å². The summed E-state index contributed by atoms with van der Waals surface area (Å²) in [6.45, 7) is 5.99. The Hall–Kier alpha value is -1.83. The van der Waals surface area contributed by atoms with E-state index in [-0.39, 0.29) is 16.7 Å². The molecule has 0 aliphatic carbocycles. The molecule has 2 aromatic carbocycles. The number of aryl methyl sites for hydroxylation is 2. The first-order valence-corrected chi connectivity index (χ1v) is 12.0. The van der Waals surface area contributed by atoms with Crippen molar-refractivity contribution in [3.8, 4) is 0 Å². The number of thioether (sulfide) groups is 1. The van der Waals surface area contributed by atoms with Gasteiger partial charge >= 0.3 is 0 Å². The lowest BCUT2D eigenvalue weighted by molar-refractivity contribution is -0.118. The van der Waals surface area contributed by atoms with Crippen LogP contribution in [0, 0.1) is 12.8 Å². The minimum absolute atomic E-state index is 0.143. The summed E-state index contributed by atoms with van der Waals surface area (Å²) in [6, 6.07) is 13.0. The molecule has 0 aliphatic heterocycles. The van der Waals surface area contributed by atoms with E-state index < -0.39 is 10.0 Å². The van der Waals surface area contributed by atoms with E-state index >= 15 is 0 Å². The number of hydrogen-bond donors (Lipinski definition) is 2. The molecule has 0 aromatic heterocycles. The Morgan fingerprint density at radius 1 is 1.14 bits per heavy atom. The van der Waals surface area contributed by atoms with Gasteiger partial charge < -0.3 is 5.32 Å². The number of anilines is 1. The molecule has 1 amide bonds. The molecular formula is C21H28N2O3S2. The van der Waals surface area contributed by atoms with Gasteiger partial charge in [-0.3, -0.25) is 4.79 Å². The quantitative estimate of drug-likeness (QED) is 0.470. The van der Waals surface area contributed by atoms with E-state index in [2.05, 4.69) is 16.1 Å². The van der Waals surface area contributed by atoms with Gasteiger partial charge in [0.15, 0.2) is 0 Å². The van der Waals surface area contributed by atoms with E-state index in [1.165, 1.54) is 29.0 Å². The number of rotatable bonds is 9. The summed E-state index contributed by atoms with van der Waals surface area (Å²) in [5.41, 5.74) is 2.92. The second-order valence-corrected chi connectivity index (χ2v) is 9.61. The van der Waals surface area contributed by atoms with Crippen molar-refractivity contribution in [2.45, 2.75) is 43.4 Å². The second-order valence-electron chi connectivity index (χ2n) is 7.00. The highest BCUT2D eigenvalue weighted by atomic mass is 32.2. The number of amides is 1. The molecule has 0 spiro atoms. The highest BCUT2D eigenvalue weighted by Gasteiger charge is 2.17. The van der Waals surface area contributed by atoms with Gasteiger partial charge in [-0.2, -0.15) is 0 Å². The number of benzene rings is 2. The lowest BCUT2D eigenvalue weighted by Crippen LogP contribution is -2.25. The van der Waals surface area contributed by atoms with E-state index in [1.54, 1.807) is 26.0 Å². The minimum Gasteiger partial charge on any atom is -0.325 e. The summed E-state index contributed by atoms with van der Waals surface area (Å²) in [6.07, 6.45) is 3.41. The predicted octanol–water partition coefficient (Wildman–Crippen LogP) is 4.22. The molecular weight excluding hydrogens is 392 g/mol. The zero-order chi connectivity index (χ0) is 20.7. The third-order valence-corrected chi connectivity index (χ3v) is 6.53. The SMILES string of the molecule is CSc1ccc(S(=O)(=O)NCCCc2cccc(C)c2)cc1NC(=O)C(C)C. The van der Waals surface area contributed by atoms with Crippen LogP contribution in [0.4, 0.5) is 5.69 Å². The van der Waals surface area contributed by atoms with Crippen molar-refractivity contribution < 1.29 is 13.2 Å². The maximum absolute atomic E-state index is 12.6. The van der Waals surface area contributed by atoms with Crippen LogP contribution >= 0.6 is 11.8 Å². The normalized spacial score (nSPS) is 11.6. The topological polar surface area (TPSA) is 75.3 Å². The van der Waals surface area contributed by atoms with E-state index in [9.17, 15) is 13.2 Å². The second kappa shape index (κ2) is 10.1. The lowest BCUT2D eigenvalue weighted by atomic mass is 10.1. The summed E-state index contributed by atoms with van der Waals surface area (Å²) >= 11 is 1.46. The van der Waals surface area contributed by atoms with Crippen LogP contribution in [0.3, 0.4) is 0 Å². The molecule has 0 atom stereocenters. The van der Waals surface area contributed by atoms with Gasteiger partial charge in [-0.1, -0.05) is 43.7 Å². The van der Waals surface area contributed by atoms with Crippen LogP contribution in [-0.4, -0.2) is 27.1 Å². The first-order valence-electron chi connectivity index (χ1n) is 9.27. The molecule has 152 valence electrons. The fourth-order valence-electron chi connectivity index (χ4n) is 2.68. The highest BCUT2D eigenvalue weighted by Crippen LogP contribution is 2.28. The van der Waals surface area contributed by atoms with Crippen LogP contribution < -0.4 is 10.0 Å². The van der Waals surface area contributed by atoms with E-state index in [0.717, 1.165) is 11.3 Å². The standard InChI is InChI=1S/C21H28N2O3S2/c1-15(2)21(24)23-19-14-18(10-11-20(19)27-4)28(25,26)22-12-6-9-17-8-5-7-16(3)13-17/h5,7-8,10-11,13-15,22H,6,9,12H2,1-4H3,(H,23,24). The molecule has 7 heteroatoms. The molecule has 0 bridgehead atoms. The van der Waals surface area contributed by atoms with Crippen molar-refractivity contribution >= 4 is 33.4 Å². The first kappa shape index (κ1) is 22.5. The van der Waals surface area contributed by atoms with Gasteiger partial charge in [0.1, 0.15) is 0 Å². The van der Waals surface area contributed by atoms with Gasteiger partial charge in [-0.15, -0.1) is 11.8 Å². The zero-order valence-corrected chi connectivity index (χ0v) is 18.4. The zero-order valence-electron chi connectivity index (χ0n) is 16.8. The maximum Gasteiger partial charge on any atom is 0.240 e. The van der Waals surface area contributed by atoms with Crippen LogP contribution in [0.1, 0.15) is 31.4 Å². The van der Waals surface area contributed by atoms with Gasteiger partial charge in [-0.05, 0) is 49.8 Å².